The van der Waals surface area contributed by atoms with Crippen molar-refractivity contribution in [3.63, 3.8) is 0 Å². The zero-order valence-electron chi connectivity index (χ0n) is 11.3. The summed E-state index contributed by atoms with van der Waals surface area (Å²) >= 11 is 3.06. The Bertz CT molecular complexity index is 693. The molecule has 0 radical (unpaired) electrons. The van der Waals surface area contributed by atoms with Gasteiger partial charge in [0.2, 0.25) is 0 Å². The zero-order chi connectivity index (χ0) is 17.3. The first kappa shape index (κ1) is 17.7. The molecule has 0 aliphatic carbocycles. The van der Waals surface area contributed by atoms with E-state index in [9.17, 15) is 26.3 Å². The monoisotopic (exact) mass is 398 g/mol. The fraction of sp³-hybridized carbons (Fsp3) is 0.200. The Kier molecular flexibility index (Phi) is 4.93. The molecule has 0 aliphatic heterocycles. The molecule has 1 nitrogen and oxygen atoms in total. The largest absolute Gasteiger partial charge is 0.573 e. The normalized spacial score (nSPS) is 12.3. The second-order valence-corrected chi connectivity index (χ2v) is 5.11. The number of hydrogen-bond acceptors (Lipinski definition) is 1. The van der Waals surface area contributed by atoms with Crippen LogP contribution < -0.4 is 4.74 Å². The highest BCUT2D eigenvalue weighted by Gasteiger charge is 2.33. The smallest absolute Gasteiger partial charge is 0.405 e. The van der Waals surface area contributed by atoms with Crippen molar-refractivity contribution in [3.05, 3.63) is 53.6 Å². The van der Waals surface area contributed by atoms with Gasteiger partial charge in [0.15, 0.2) is 0 Å². The highest BCUT2D eigenvalue weighted by Crippen LogP contribution is 2.38. The van der Waals surface area contributed by atoms with Gasteiger partial charge in [0.05, 0.1) is 5.56 Å². The van der Waals surface area contributed by atoms with E-state index in [0.717, 1.165) is 24.3 Å². The van der Waals surface area contributed by atoms with Gasteiger partial charge in [-0.25, -0.2) is 0 Å². The number of ether oxygens (including phenoxy) is 1. The third kappa shape index (κ3) is 4.40. The molecule has 0 aliphatic rings. The molecule has 2 rings (SSSR count). The summed E-state index contributed by atoms with van der Waals surface area (Å²) in [5, 5.41) is 0.0482. The summed E-state index contributed by atoms with van der Waals surface area (Å²) in [4.78, 5) is 0. The van der Waals surface area contributed by atoms with Crippen molar-refractivity contribution in [2.75, 3.05) is 0 Å². The predicted molar refractivity (Wildman–Crippen MR) is 76.2 cm³/mol. The fourth-order valence-electron chi connectivity index (χ4n) is 2.05. The molecule has 0 bridgehead atoms. The van der Waals surface area contributed by atoms with Crippen molar-refractivity contribution in [3.8, 4) is 16.9 Å². The molecule has 0 heterocycles. The van der Waals surface area contributed by atoms with E-state index in [1.54, 1.807) is 0 Å². The Hall–Kier alpha value is -1.70. The topological polar surface area (TPSA) is 9.23 Å². The molecular formula is C15H9BrF6O. The first-order valence-electron chi connectivity index (χ1n) is 6.23. The quantitative estimate of drug-likeness (QED) is 0.444. The number of rotatable bonds is 3. The lowest BCUT2D eigenvalue weighted by atomic mass is 9.97. The van der Waals surface area contributed by atoms with Gasteiger partial charge >= 0.3 is 12.5 Å². The first-order valence-corrected chi connectivity index (χ1v) is 7.35. The Balaban J connectivity index is 2.55. The third-order valence-corrected chi connectivity index (χ3v) is 3.58. The number of para-hydroxylation sites is 1. The van der Waals surface area contributed by atoms with Crippen LogP contribution >= 0.6 is 15.9 Å². The minimum absolute atomic E-state index is 0.0482. The number of hydrogen-bond donors (Lipinski definition) is 0. The molecule has 0 spiro atoms. The molecule has 2 aromatic rings. The SMILES string of the molecule is FC(F)(F)Oc1ccccc1-c1ccc(C(F)(F)F)cc1CBr. The maximum Gasteiger partial charge on any atom is 0.573 e. The molecule has 0 atom stereocenters. The van der Waals surface area contributed by atoms with E-state index in [-0.39, 0.29) is 22.0 Å². The average Bonchev–Trinajstić information content (AvgIpc) is 2.44. The molecule has 0 aromatic heterocycles. The van der Waals surface area contributed by atoms with Gasteiger partial charge in [0.1, 0.15) is 5.75 Å². The lowest BCUT2D eigenvalue weighted by Gasteiger charge is -2.16. The van der Waals surface area contributed by atoms with Crippen molar-refractivity contribution < 1.29 is 31.1 Å². The maximum absolute atomic E-state index is 12.8. The van der Waals surface area contributed by atoms with Gasteiger partial charge in [-0.15, -0.1) is 13.2 Å². The second kappa shape index (κ2) is 6.43. The van der Waals surface area contributed by atoms with Crippen molar-refractivity contribution in [2.24, 2.45) is 0 Å². The maximum atomic E-state index is 12.8. The minimum Gasteiger partial charge on any atom is -0.405 e. The van der Waals surface area contributed by atoms with Gasteiger partial charge in [-0.3, -0.25) is 0 Å². The molecule has 8 heteroatoms. The van der Waals surface area contributed by atoms with E-state index in [0.29, 0.717) is 0 Å². The molecule has 23 heavy (non-hydrogen) atoms. The van der Waals surface area contributed by atoms with Crippen molar-refractivity contribution in [2.45, 2.75) is 17.9 Å². The van der Waals surface area contributed by atoms with Crippen LogP contribution in [0.5, 0.6) is 5.75 Å². The Morgan fingerprint density at radius 2 is 1.52 bits per heavy atom. The lowest BCUT2D eigenvalue weighted by molar-refractivity contribution is -0.274. The summed E-state index contributed by atoms with van der Waals surface area (Å²) in [7, 11) is 0. The van der Waals surface area contributed by atoms with Gasteiger partial charge in [0.25, 0.3) is 0 Å². The van der Waals surface area contributed by atoms with Crippen molar-refractivity contribution in [1.82, 2.24) is 0 Å². The summed E-state index contributed by atoms with van der Waals surface area (Å²) in [6, 6.07) is 8.16. The summed E-state index contributed by atoms with van der Waals surface area (Å²) in [5.41, 5.74) is -0.370. The Morgan fingerprint density at radius 3 is 2.09 bits per heavy atom. The highest BCUT2D eigenvalue weighted by atomic mass is 79.9. The summed E-state index contributed by atoms with van der Waals surface area (Å²) in [5.74, 6) is -0.470. The summed E-state index contributed by atoms with van der Waals surface area (Å²) in [6.07, 6.45) is -9.42. The van der Waals surface area contributed by atoms with Gasteiger partial charge < -0.3 is 4.74 Å². The van der Waals surface area contributed by atoms with Gasteiger partial charge in [-0.05, 0) is 29.3 Å². The molecule has 0 unspecified atom stereocenters. The van der Waals surface area contributed by atoms with Crippen LogP contribution in [-0.4, -0.2) is 6.36 Å². The third-order valence-electron chi connectivity index (χ3n) is 2.98. The van der Waals surface area contributed by atoms with E-state index < -0.39 is 23.9 Å². The summed E-state index contributed by atoms with van der Waals surface area (Å²) < 4.78 is 79.6. The van der Waals surface area contributed by atoms with Crippen LogP contribution in [0.1, 0.15) is 11.1 Å². The lowest BCUT2D eigenvalue weighted by Crippen LogP contribution is -2.17. The number of halogens is 7. The minimum atomic E-state index is -4.89. The second-order valence-electron chi connectivity index (χ2n) is 4.55. The number of alkyl halides is 7. The standard InChI is InChI=1S/C15H9BrF6O/c16-8-9-7-10(14(17,18)19)5-6-11(9)12-3-1-2-4-13(12)23-15(20,21)22/h1-7H,8H2. The summed E-state index contributed by atoms with van der Waals surface area (Å²) in [6.45, 7) is 0. The van der Waals surface area contributed by atoms with E-state index in [1.807, 2.05) is 0 Å². The Labute approximate surface area is 136 Å². The van der Waals surface area contributed by atoms with E-state index in [4.69, 9.17) is 0 Å². The fourth-order valence-corrected chi connectivity index (χ4v) is 2.51. The van der Waals surface area contributed by atoms with E-state index in [2.05, 4.69) is 20.7 Å². The van der Waals surface area contributed by atoms with Crippen molar-refractivity contribution in [1.29, 1.82) is 0 Å². The molecule has 2 aromatic carbocycles. The van der Waals surface area contributed by atoms with Crippen LogP contribution in [0.3, 0.4) is 0 Å². The van der Waals surface area contributed by atoms with E-state index in [1.165, 1.54) is 18.2 Å². The number of benzene rings is 2. The van der Waals surface area contributed by atoms with Gasteiger partial charge in [-0.1, -0.05) is 40.2 Å². The van der Waals surface area contributed by atoms with Crippen LogP contribution in [0.25, 0.3) is 11.1 Å². The van der Waals surface area contributed by atoms with Gasteiger partial charge in [0, 0.05) is 10.9 Å². The molecule has 124 valence electrons. The van der Waals surface area contributed by atoms with E-state index >= 15 is 0 Å². The Morgan fingerprint density at radius 1 is 0.870 bits per heavy atom. The predicted octanol–water partition coefficient (Wildman–Crippen LogP) is 6.17. The van der Waals surface area contributed by atoms with Crippen LogP contribution in [0.2, 0.25) is 0 Å². The highest BCUT2D eigenvalue weighted by molar-refractivity contribution is 9.08. The molecule has 0 N–H and O–H groups in total. The molecule has 0 saturated carbocycles. The van der Waals surface area contributed by atoms with Crippen LogP contribution in [-0.2, 0) is 11.5 Å². The van der Waals surface area contributed by atoms with Crippen LogP contribution in [0.4, 0.5) is 26.3 Å². The molecule has 0 saturated heterocycles. The van der Waals surface area contributed by atoms with Crippen LogP contribution in [0.15, 0.2) is 42.5 Å². The molecular weight excluding hydrogens is 390 g/mol. The van der Waals surface area contributed by atoms with Gasteiger partial charge in [-0.2, -0.15) is 13.2 Å². The van der Waals surface area contributed by atoms with Crippen LogP contribution in [0, 0.1) is 0 Å². The average molecular weight is 399 g/mol. The first-order chi connectivity index (χ1) is 10.6. The zero-order valence-corrected chi connectivity index (χ0v) is 12.9. The van der Waals surface area contributed by atoms with Crippen molar-refractivity contribution >= 4 is 15.9 Å². The molecule has 0 fully saturated rings. The molecule has 0 amide bonds.